The van der Waals surface area contributed by atoms with Gasteiger partial charge < -0.3 is 0 Å². The lowest BCUT2D eigenvalue weighted by atomic mass is 10.2. The molecule has 3 rings (SSSR count). The van der Waals surface area contributed by atoms with E-state index < -0.39 is 5.76 Å². The highest BCUT2D eigenvalue weighted by Crippen LogP contribution is 2.20. The van der Waals surface area contributed by atoms with Crippen molar-refractivity contribution in [1.29, 1.82) is 0 Å². The van der Waals surface area contributed by atoms with Gasteiger partial charge in [-0.1, -0.05) is 30.3 Å². The first kappa shape index (κ1) is 13.6. The first-order valence-electron chi connectivity index (χ1n) is 6.31. The molecule has 0 aliphatic carbocycles. The van der Waals surface area contributed by atoms with Crippen LogP contribution in [0, 0.1) is 0 Å². The van der Waals surface area contributed by atoms with Crippen LogP contribution in [-0.2, 0) is 6.54 Å². The lowest BCUT2D eigenvalue weighted by molar-refractivity contribution is 0.378. The molecule has 0 bridgehead atoms. The van der Waals surface area contributed by atoms with E-state index in [1.54, 1.807) is 18.5 Å². The van der Waals surface area contributed by atoms with Crippen LogP contribution in [0.1, 0.15) is 29.8 Å². The van der Waals surface area contributed by atoms with Gasteiger partial charge in [0, 0.05) is 18.3 Å². The molecule has 8 nitrogen and oxygen atoms in total. The molecular formula is C12H12N6O2S. The van der Waals surface area contributed by atoms with Crippen LogP contribution in [0.15, 0.2) is 27.8 Å². The van der Waals surface area contributed by atoms with Crippen LogP contribution in [0.25, 0.3) is 11.6 Å². The Balaban J connectivity index is 1.95. The Morgan fingerprint density at radius 1 is 1.29 bits per heavy atom. The van der Waals surface area contributed by atoms with Gasteiger partial charge >= 0.3 is 5.76 Å². The van der Waals surface area contributed by atoms with E-state index in [4.69, 9.17) is 4.52 Å². The molecule has 0 saturated heterocycles. The number of hydrogen-bond donors (Lipinski definition) is 0. The van der Waals surface area contributed by atoms with Gasteiger partial charge in [0.1, 0.15) is 10.0 Å². The summed E-state index contributed by atoms with van der Waals surface area (Å²) in [7, 11) is 0. The van der Waals surface area contributed by atoms with E-state index in [1.165, 1.54) is 15.9 Å². The summed E-state index contributed by atoms with van der Waals surface area (Å²) in [6, 6.07) is 1.69. The van der Waals surface area contributed by atoms with Crippen molar-refractivity contribution in [3.63, 3.8) is 0 Å². The second-order valence-corrected chi connectivity index (χ2v) is 5.71. The van der Waals surface area contributed by atoms with Crippen molar-refractivity contribution in [3.05, 3.63) is 39.0 Å². The van der Waals surface area contributed by atoms with E-state index in [9.17, 15) is 4.79 Å². The second-order valence-electron chi connectivity index (χ2n) is 4.62. The van der Waals surface area contributed by atoms with Crippen molar-refractivity contribution in [2.45, 2.75) is 26.3 Å². The molecule has 0 radical (unpaired) electrons. The summed E-state index contributed by atoms with van der Waals surface area (Å²) in [6.45, 7) is 4.32. The summed E-state index contributed by atoms with van der Waals surface area (Å²) in [5.74, 6) is 0.338. The van der Waals surface area contributed by atoms with Gasteiger partial charge in [-0.15, -0.1) is 10.2 Å². The zero-order chi connectivity index (χ0) is 14.8. The minimum Gasteiger partial charge on any atom is -0.295 e. The van der Waals surface area contributed by atoms with Crippen LogP contribution in [0.3, 0.4) is 0 Å². The molecule has 0 atom stereocenters. The molecule has 9 heteroatoms. The number of rotatable bonds is 4. The molecule has 0 saturated carbocycles. The summed E-state index contributed by atoms with van der Waals surface area (Å²) < 4.78 is 6.06. The Morgan fingerprint density at radius 2 is 2.05 bits per heavy atom. The molecule has 3 aromatic rings. The maximum atomic E-state index is 11.8. The zero-order valence-electron chi connectivity index (χ0n) is 11.4. The van der Waals surface area contributed by atoms with Gasteiger partial charge in [-0.3, -0.25) is 4.52 Å². The van der Waals surface area contributed by atoms with Gasteiger partial charge in [0.05, 0.1) is 6.54 Å². The zero-order valence-corrected chi connectivity index (χ0v) is 12.2. The van der Waals surface area contributed by atoms with Crippen LogP contribution in [-0.4, -0.2) is 29.9 Å². The van der Waals surface area contributed by atoms with E-state index in [-0.39, 0.29) is 12.4 Å². The third kappa shape index (κ3) is 2.72. The lowest BCUT2D eigenvalue weighted by Crippen LogP contribution is -2.16. The summed E-state index contributed by atoms with van der Waals surface area (Å²) in [6.07, 6.45) is 3.15. The highest BCUT2D eigenvalue weighted by molar-refractivity contribution is 7.11. The maximum Gasteiger partial charge on any atom is 0.442 e. The topological polar surface area (TPSA) is 99.6 Å². The Kier molecular flexibility index (Phi) is 3.57. The molecule has 0 aromatic carbocycles. The predicted octanol–water partition coefficient (Wildman–Crippen LogP) is 1.32. The summed E-state index contributed by atoms with van der Waals surface area (Å²) in [5.41, 5.74) is 0. The highest BCUT2D eigenvalue weighted by Gasteiger charge is 2.17. The number of aromatic nitrogens is 6. The third-order valence-corrected chi connectivity index (χ3v) is 3.93. The number of nitrogens with zero attached hydrogens (tertiary/aromatic N) is 6. The summed E-state index contributed by atoms with van der Waals surface area (Å²) in [4.78, 5) is 19.9. The summed E-state index contributed by atoms with van der Waals surface area (Å²) in [5, 5.41) is 13.5. The first-order chi connectivity index (χ1) is 10.1. The van der Waals surface area contributed by atoms with Crippen LogP contribution < -0.4 is 5.76 Å². The fraction of sp³-hybridized carbons (Fsp3) is 0.333. The van der Waals surface area contributed by atoms with Crippen molar-refractivity contribution >= 4 is 11.3 Å². The van der Waals surface area contributed by atoms with Gasteiger partial charge in [-0.05, 0) is 6.07 Å². The minimum absolute atomic E-state index is 0.236. The SMILES string of the molecule is CC(C)c1nnc(Cn2c(-c3ncccn3)noc2=O)s1. The Bertz CT molecular complexity index is 791. The molecule has 0 spiro atoms. The van der Waals surface area contributed by atoms with Gasteiger partial charge in [-0.2, -0.15) is 0 Å². The molecular weight excluding hydrogens is 292 g/mol. The second kappa shape index (κ2) is 5.52. The van der Waals surface area contributed by atoms with Crippen molar-refractivity contribution in [3.8, 4) is 11.6 Å². The van der Waals surface area contributed by atoms with Crippen LogP contribution in [0.5, 0.6) is 0 Å². The molecule has 3 heterocycles. The van der Waals surface area contributed by atoms with Crippen LogP contribution in [0.2, 0.25) is 0 Å². The van der Waals surface area contributed by atoms with Gasteiger partial charge in [0.2, 0.25) is 5.82 Å². The molecule has 108 valence electrons. The first-order valence-corrected chi connectivity index (χ1v) is 7.13. The Labute approximate surface area is 123 Å². The van der Waals surface area contributed by atoms with Crippen molar-refractivity contribution in [1.82, 2.24) is 29.9 Å². The molecule has 0 fully saturated rings. The maximum absolute atomic E-state index is 11.8. The quantitative estimate of drug-likeness (QED) is 0.716. The molecule has 3 aromatic heterocycles. The molecule has 0 amide bonds. The number of hydrogen-bond acceptors (Lipinski definition) is 8. The average Bonchev–Trinajstić information content (AvgIpc) is 3.09. The smallest absolute Gasteiger partial charge is 0.295 e. The predicted molar refractivity (Wildman–Crippen MR) is 74.9 cm³/mol. The Morgan fingerprint density at radius 3 is 2.71 bits per heavy atom. The molecule has 0 N–H and O–H groups in total. The van der Waals surface area contributed by atoms with E-state index in [0.717, 1.165) is 5.01 Å². The molecule has 0 aliphatic heterocycles. The van der Waals surface area contributed by atoms with Crippen molar-refractivity contribution in [2.24, 2.45) is 0 Å². The van der Waals surface area contributed by atoms with E-state index in [2.05, 4.69) is 25.3 Å². The van der Waals surface area contributed by atoms with Gasteiger partial charge in [-0.25, -0.2) is 19.3 Å². The molecule has 0 aliphatic rings. The van der Waals surface area contributed by atoms with E-state index >= 15 is 0 Å². The molecule has 0 unspecified atom stereocenters. The minimum atomic E-state index is -0.571. The van der Waals surface area contributed by atoms with Crippen LogP contribution in [0.4, 0.5) is 0 Å². The Hall–Kier alpha value is -2.42. The van der Waals surface area contributed by atoms with E-state index in [1.807, 2.05) is 13.8 Å². The van der Waals surface area contributed by atoms with Gasteiger partial charge in [0.15, 0.2) is 5.82 Å². The normalized spacial score (nSPS) is 11.2. The van der Waals surface area contributed by atoms with E-state index in [0.29, 0.717) is 16.7 Å². The van der Waals surface area contributed by atoms with Crippen LogP contribution >= 0.6 is 11.3 Å². The highest BCUT2D eigenvalue weighted by atomic mass is 32.1. The fourth-order valence-electron chi connectivity index (χ4n) is 1.68. The average molecular weight is 304 g/mol. The monoisotopic (exact) mass is 304 g/mol. The molecule has 21 heavy (non-hydrogen) atoms. The van der Waals surface area contributed by atoms with Crippen molar-refractivity contribution < 1.29 is 4.52 Å². The fourth-order valence-corrected chi connectivity index (χ4v) is 2.52. The largest absolute Gasteiger partial charge is 0.442 e. The third-order valence-electron chi connectivity index (χ3n) is 2.72. The van der Waals surface area contributed by atoms with Crippen molar-refractivity contribution in [2.75, 3.05) is 0 Å². The lowest BCUT2D eigenvalue weighted by Gasteiger charge is -2.00. The standard InChI is InChI=1S/C12H12N6O2S/c1-7(2)11-16-15-8(21-11)6-18-10(17-20-12(18)19)9-13-4-3-5-14-9/h3-5,7H,6H2,1-2H3. The van der Waals surface area contributed by atoms with Gasteiger partial charge in [0.25, 0.3) is 0 Å². The summed E-state index contributed by atoms with van der Waals surface area (Å²) >= 11 is 1.46.